The average molecular weight is 282 g/mol. The summed E-state index contributed by atoms with van der Waals surface area (Å²) in [7, 11) is 0. The second kappa shape index (κ2) is 5.41. The molecule has 106 valence electrons. The highest BCUT2D eigenvalue weighted by atomic mass is 32.1. The first-order valence-corrected chi connectivity index (χ1v) is 7.60. The van der Waals surface area contributed by atoms with Gasteiger partial charge in [0.25, 0.3) is 0 Å². The van der Waals surface area contributed by atoms with Crippen molar-refractivity contribution in [1.82, 2.24) is 0 Å². The first kappa shape index (κ1) is 14.2. The maximum Gasteiger partial charge on any atom is 0.350 e. The minimum Gasteiger partial charge on any atom is -0.462 e. The van der Waals surface area contributed by atoms with Gasteiger partial charge in [-0.05, 0) is 37.2 Å². The quantitative estimate of drug-likeness (QED) is 0.785. The van der Waals surface area contributed by atoms with Crippen LogP contribution < -0.4 is 11.1 Å². The van der Waals surface area contributed by atoms with E-state index < -0.39 is 0 Å². The molecule has 0 unspecified atom stereocenters. The zero-order valence-electron chi connectivity index (χ0n) is 11.8. The predicted molar refractivity (Wildman–Crippen MR) is 79.7 cm³/mol. The fourth-order valence-electron chi connectivity index (χ4n) is 2.23. The Bertz CT molecular complexity index is 464. The molecule has 0 aromatic carbocycles. The SMILES string of the molecule is CCOC(=O)c1sc(NCC2(C(C)C)CC2)cc1N. The van der Waals surface area contributed by atoms with Gasteiger partial charge in [-0.25, -0.2) is 4.79 Å². The van der Waals surface area contributed by atoms with Gasteiger partial charge in [-0.15, -0.1) is 11.3 Å². The second-order valence-corrected chi connectivity index (χ2v) is 6.54. The van der Waals surface area contributed by atoms with Crippen LogP contribution in [0.2, 0.25) is 0 Å². The molecule has 0 aliphatic heterocycles. The van der Waals surface area contributed by atoms with E-state index in [1.807, 2.05) is 6.07 Å². The molecule has 19 heavy (non-hydrogen) atoms. The topological polar surface area (TPSA) is 64.3 Å². The van der Waals surface area contributed by atoms with Crippen molar-refractivity contribution >= 4 is 28.0 Å². The van der Waals surface area contributed by atoms with Crippen LogP contribution in [0.4, 0.5) is 10.7 Å². The molecule has 1 aromatic rings. The average Bonchev–Trinajstić information content (AvgIpc) is 3.06. The van der Waals surface area contributed by atoms with E-state index in [0.29, 0.717) is 28.5 Å². The summed E-state index contributed by atoms with van der Waals surface area (Å²) in [5, 5.41) is 4.37. The molecule has 1 aliphatic rings. The van der Waals surface area contributed by atoms with E-state index in [-0.39, 0.29) is 5.97 Å². The summed E-state index contributed by atoms with van der Waals surface area (Å²) in [5.41, 5.74) is 6.79. The molecule has 0 spiro atoms. The van der Waals surface area contributed by atoms with E-state index in [1.165, 1.54) is 24.2 Å². The number of esters is 1. The molecule has 5 heteroatoms. The Morgan fingerprint density at radius 3 is 2.79 bits per heavy atom. The van der Waals surface area contributed by atoms with Crippen molar-refractivity contribution in [3.63, 3.8) is 0 Å². The van der Waals surface area contributed by atoms with Gasteiger partial charge in [0, 0.05) is 6.54 Å². The summed E-state index contributed by atoms with van der Waals surface area (Å²) in [5.74, 6) is 0.352. The third kappa shape index (κ3) is 3.03. The number of thiophene rings is 1. The van der Waals surface area contributed by atoms with Crippen molar-refractivity contribution in [1.29, 1.82) is 0 Å². The van der Waals surface area contributed by atoms with Crippen LogP contribution in [0.3, 0.4) is 0 Å². The predicted octanol–water partition coefficient (Wildman–Crippen LogP) is 3.36. The van der Waals surface area contributed by atoms with E-state index in [0.717, 1.165) is 11.5 Å². The number of rotatable bonds is 6. The fraction of sp³-hybridized carbons (Fsp3) is 0.643. The number of carbonyl (C=O) groups is 1. The maximum atomic E-state index is 11.7. The number of carbonyl (C=O) groups excluding carboxylic acids is 1. The van der Waals surface area contributed by atoms with Crippen LogP contribution in [0.15, 0.2) is 6.07 Å². The minimum atomic E-state index is -0.331. The third-order valence-corrected chi connectivity index (χ3v) is 5.04. The van der Waals surface area contributed by atoms with Crippen LogP contribution in [-0.2, 0) is 4.74 Å². The number of hydrogen-bond acceptors (Lipinski definition) is 5. The van der Waals surface area contributed by atoms with Crippen molar-refractivity contribution in [2.45, 2.75) is 33.6 Å². The lowest BCUT2D eigenvalue weighted by Gasteiger charge is -2.19. The summed E-state index contributed by atoms with van der Waals surface area (Å²) in [6.45, 7) is 7.64. The van der Waals surface area contributed by atoms with Gasteiger partial charge in [-0.3, -0.25) is 0 Å². The first-order chi connectivity index (χ1) is 8.98. The van der Waals surface area contributed by atoms with Crippen LogP contribution in [-0.4, -0.2) is 19.1 Å². The van der Waals surface area contributed by atoms with Gasteiger partial charge < -0.3 is 15.8 Å². The van der Waals surface area contributed by atoms with Gasteiger partial charge in [0.1, 0.15) is 4.88 Å². The second-order valence-electron chi connectivity index (χ2n) is 5.49. The van der Waals surface area contributed by atoms with E-state index in [9.17, 15) is 4.79 Å². The minimum absolute atomic E-state index is 0.331. The number of nitrogen functional groups attached to an aromatic ring is 1. The Morgan fingerprint density at radius 1 is 1.58 bits per heavy atom. The smallest absolute Gasteiger partial charge is 0.350 e. The number of nitrogens with two attached hydrogens (primary N) is 1. The highest BCUT2D eigenvalue weighted by Crippen LogP contribution is 2.52. The number of nitrogens with one attached hydrogen (secondary N) is 1. The molecule has 4 nitrogen and oxygen atoms in total. The van der Waals surface area contributed by atoms with Crippen molar-refractivity contribution < 1.29 is 9.53 Å². The molecule has 0 bridgehead atoms. The van der Waals surface area contributed by atoms with Crippen molar-refractivity contribution in [2.75, 3.05) is 24.2 Å². The molecule has 3 N–H and O–H groups in total. The van der Waals surface area contributed by atoms with E-state index in [2.05, 4.69) is 19.2 Å². The van der Waals surface area contributed by atoms with Crippen LogP contribution in [0.25, 0.3) is 0 Å². The Hall–Kier alpha value is -1.23. The van der Waals surface area contributed by atoms with Crippen molar-refractivity contribution in [2.24, 2.45) is 11.3 Å². The number of hydrogen-bond donors (Lipinski definition) is 2. The normalized spacial score (nSPS) is 16.4. The van der Waals surface area contributed by atoms with Gasteiger partial charge in [-0.1, -0.05) is 13.8 Å². The van der Waals surface area contributed by atoms with Gasteiger partial charge in [-0.2, -0.15) is 0 Å². The van der Waals surface area contributed by atoms with Crippen molar-refractivity contribution in [3.05, 3.63) is 10.9 Å². The molecule has 1 saturated carbocycles. The molecule has 2 rings (SSSR count). The van der Waals surface area contributed by atoms with Gasteiger partial charge in [0.05, 0.1) is 17.3 Å². The molecule has 1 heterocycles. The summed E-state index contributed by atoms with van der Waals surface area (Å²) in [6.07, 6.45) is 2.56. The third-order valence-electron chi connectivity index (χ3n) is 3.95. The highest BCUT2D eigenvalue weighted by Gasteiger charge is 2.44. The van der Waals surface area contributed by atoms with Gasteiger partial charge >= 0.3 is 5.97 Å². The largest absolute Gasteiger partial charge is 0.462 e. The first-order valence-electron chi connectivity index (χ1n) is 6.79. The van der Waals surface area contributed by atoms with Gasteiger partial charge in [0.15, 0.2) is 0 Å². The van der Waals surface area contributed by atoms with Gasteiger partial charge in [0.2, 0.25) is 0 Å². The molecule has 0 amide bonds. The number of ether oxygens (including phenoxy) is 1. The summed E-state index contributed by atoms with van der Waals surface area (Å²) < 4.78 is 4.98. The summed E-state index contributed by atoms with van der Waals surface area (Å²) in [4.78, 5) is 12.2. The zero-order valence-corrected chi connectivity index (χ0v) is 12.6. The monoisotopic (exact) mass is 282 g/mol. The van der Waals surface area contributed by atoms with Crippen LogP contribution in [0, 0.1) is 11.3 Å². The molecule has 1 fully saturated rings. The van der Waals surface area contributed by atoms with Crippen LogP contribution in [0.5, 0.6) is 0 Å². The Morgan fingerprint density at radius 2 is 2.26 bits per heavy atom. The van der Waals surface area contributed by atoms with Crippen molar-refractivity contribution in [3.8, 4) is 0 Å². The lowest BCUT2D eigenvalue weighted by molar-refractivity contribution is 0.0533. The molecule has 0 radical (unpaired) electrons. The summed E-state index contributed by atoms with van der Waals surface area (Å²) >= 11 is 1.38. The Balaban J connectivity index is 1.99. The van der Waals surface area contributed by atoms with E-state index >= 15 is 0 Å². The Kier molecular flexibility index (Phi) is 4.04. The lowest BCUT2D eigenvalue weighted by Crippen LogP contribution is -2.20. The molecule has 1 aliphatic carbocycles. The molecular formula is C14H22N2O2S. The Labute approximate surface area is 118 Å². The number of anilines is 2. The fourth-order valence-corrected chi connectivity index (χ4v) is 3.10. The van der Waals surface area contributed by atoms with E-state index in [4.69, 9.17) is 10.5 Å². The van der Waals surface area contributed by atoms with E-state index in [1.54, 1.807) is 6.92 Å². The lowest BCUT2D eigenvalue weighted by atomic mass is 9.92. The molecule has 1 aromatic heterocycles. The highest BCUT2D eigenvalue weighted by molar-refractivity contribution is 7.18. The standard InChI is InChI=1S/C14H22N2O2S/c1-4-18-13(17)12-10(15)7-11(19-12)16-8-14(5-6-14)9(2)3/h7,9,16H,4-6,8,15H2,1-3H3. The molecule has 0 atom stereocenters. The summed E-state index contributed by atoms with van der Waals surface area (Å²) in [6, 6.07) is 1.83. The van der Waals surface area contributed by atoms with Crippen LogP contribution >= 0.6 is 11.3 Å². The van der Waals surface area contributed by atoms with Crippen LogP contribution in [0.1, 0.15) is 43.3 Å². The maximum absolute atomic E-state index is 11.7. The molecular weight excluding hydrogens is 260 g/mol. The molecule has 0 saturated heterocycles. The zero-order chi connectivity index (χ0) is 14.0.